The van der Waals surface area contributed by atoms with Crippen LogP contribution < -0.4 is 4.74 Å². The molecule has 2 amide bonds. The van der Waals surface area contributed by atoms with E-state index in [1.54, 1.807) is 18.2 Å². The topological polar surface area (TPSA) is 96.3 Å². The number of halogens is 1. The Kier molecular flexibility index (Phi) is 4.29. The summed E-state index contributed by atoms with van der Waals surface area (Å²) in [4.78, 5) is 35.7. The van der Waals surface area contributed by atoms with Gasteiger partial charge in [-0.1, -0.05) is 12.2 Å². The van der Waals surface area contributed by atoms with Crippen LogP contribution in [0.2, 0.25) is 0 Å². The molecule has 1 aromatic carbocycles. The number of rotatable bonds is 5. The minimum absolute atomic E-state index is 0.160. The molecule has 1 saturated carbocycles. The first-order valence-corrected chi connectivity index (χ1v) is 9.28. The largest absolute Gasteiger partial charge is 0.481 e. The van der Waals surface area contributed by atoms with E-state index >= 15 is 0 Å². The Morgan fingerprint density at radius 1 is 1.27 bits per heavy atom. The standard InChI is InChI=1S/C18H15IN2O5/c19-12-5-9(1-4-13(12)26-8-14(22)23)7-20-21-17(24)15-10-2-3-11(6-10)16(15)18(21)25/h1-5,7,10-11,15-16H,6,8H2,(H,22,23). The monoisotopic (exact) mass is 466 g/mol. The van der Waals surface area contributed by atoms with E-state index in [1.807, 2.05) is 34.7 Å². The molecule has 2 bridgehead atoms. The van der Waals surface area contributed by atoms with Gasteiger partial charge < -0.3 is 9.84 Å². The zero-order chi connectivity index (χ0) is 18.4. The first-order chi connectivity index (χ1) is 12.5. The van der Waals surface area contributed by atoms with Crippen molar-refractivity contribution < 1.29 is 24.2 Å². The van der Waals surface area contributed by atoms with Crippen molar-refractivity contribution in [2.75, 3.05) is 6.61 Å². The lowest BCUT2D eigenvalue weighted by atomic mass is 9.85. The molecule has 2 fully saturated rings. The summed E-state index contributed by atoms with van der Waals surface area (Å²) in [7, 11) is 0. The summed E-state index contributed by atoms with van der Waals surface area (Å²) in [5.41, 5.74) is 0.691. The maximum atomic E-state index is 12.6. The molecule has 1 heterocycles. The van der Waals surface area contributed by atoms with Gasteiger partial charge in [-0.15, -0.1) is 0 Å². The number of hydrazone groups is 1. The normalized spacial score (nSPS) is 29.0. The molecule has 1 saturated heterocycles. The van der Waals surface area contributed by atoms with Gasteiger partial charge in [0.25, 0.3) is 11.8 Å². The number of benzene rings is 1. The van der Waals surface area contributed by atoms with Crippen LogP contribution in [-0.2, 0) is 14.4 Å². The molecule has 1 N–H and O–H groups in total. The molecule has 1 aromatic rings. The molecular formula is C18H15IN2O5. The van der Waals surface area contributed by atoms with Crippen LogP contribution in [0.4, 0.5) is 0 Å². The third kappa shape index (κ3) is 2.81. The van der Waals surface area contributed by atoms with Gasteiger partial charge in [-0.3, -0.25) is 9.59 Å². The van der Waals surface area contributed by atoms with Crippen LogP contribution in [0.3, 0.4) is 0 Å². The van der Waals surface area contributed by atoms with Crippen LogP contribution >= 0.6 is 22.6 Å². The molecule has 26 heavy (non-hydrogen) atoms. The van der Waals surface area contributed by atoms with E-state index in [4.69, 9.17) is 9.84 Å². The smallest absolute Gasteiger partial charge is 0.341 e. The Labute approximate surface area is 162 Å². The number of amides is 2. The summed E-state index contributed by atoms with van der Waals surface area (Å²) < 4.78 is 5.88. The van der Waals surface area contributed by atoms with Gasteiger partial charge in [-0.2, -0.15) is 10.1 Å². The molecule has 3 aliphatic rings. The number of carboxylic acids is 1. The maximum Gasteiger partial charge on any atom is 0.341 e. The second-order valence-electron chi connectivity index (χ2n) is 6.60. The SMILES string of the molecule is O=C(O)COc1ccc(C=NN2C(=O)C3C4C=CC(C4)C3C2=O)cc1I. The van der Waals surface area contributed by atoms with E-state index in [-0.39, 0.29) is 35.5 Å². The number of hydrogen-bond donors (Lipinski definition) is 1. The molecule has 134 valence electrons. The van der Waals surface area contributed by atoms with E-state index in [2.05, 4.69) is 5.10 Å². The number of imide groups is 1. The van der Waals surface area contributed by atoms with E-state index in [9.17, 15) is 14.4 Å². The average molecular weight is 466 g/mol. The Bertz CT molecular complexity index is 835. The molecule has 8 heteroatoms. The predicted molar refractivity (Wildman–Crippen MR) is 99.5 cm³/mol. The van der Waals surface area contributed by atoms with Gasteiger partial charge >= 0.3 is 5.97 Å². The summed E-state index contributed by atoms with van der Waals surface area (Å²) in [5.74, 6) is -1.24. The highest BCUT2D eigenvalue weighted by molar-refractivity contribution is 14.1. The second kappa shape index (κ2) is 6.49. The molecule has 2 aliphatic carbocycles. The van der Waals surface area contributed by atoms with Crippen LogP contribution in [-0.4, -0.2) is 40.7 Å². The van der Waals surface area contributed by atoms with Crippen molar-refractivity contribution in [1.29, 1.82) is 0 Å². The van der Waals surface area contributed by atoms with Gasteiger partial charge in [0.05, 0.1) is 21.6 Å². The van der Waals surface area contributed by atoms with Gasteiger partial charge in [0.2, 0.25) is 0 Å². The van der Waals surface area contributed by atoms with Gasteiger partial charge in [0.15, 0.2) is 6.61 Å². The zero-order valence-corrected chi connectivity index (χ0v) is 15.7. The van der Waals surface area contributed by atoms with Crippen LogP contribution in [0.15, 0.2) is 35.5 Å². The third-order valence-corrected chi connectivity index (χ3v) is 5.92. The number of nitrogens with zero attached hydrogens (tertiary/aromatic N) is 2. The minimum Gasteiger partial charge on any atom is -0.481 e. The van der Waals surface area contributed by atoms with Crippen molar-refractivity contribution in [2.45, 2.75) is 6.42 Å². The van der Waals surface area contributed by atoms with E-state index < -0.39 is 12.6 Å². The molecule has 0 radical (unpaired) electrons. The van der Waals surface area contributed by atoms with E-state index in [0.29, 0.717) is 14.9 Å². The first kappa shape index (κ1) is 17.2. The molecule has 0 aromatic heterocycles. The second-order valence-corrected chi connectivity index (χ2v) is 7.77. The molecule has 4 atom stereocenters. The summed E-state index contributed by atoms with van der Waals surface area (Å²) in [6.45, 7) is -0.417. The number of carbonyl (C=O) groups excluding carboxylic acids is 2. The summed E-state index contributed by atoms with van der Waals surface area (Å²) in [6.07, 6.45) is 6.44. The fourth-order valence-corrected chi connectivity index (χ4v) is 4.67. The lowest BCUT2D eigenvalue weighted by Gasteiger charge is -2.13. The number of aliphatic carboxylic acids is 1. The quantitative estimate of drug-likeness (QED) is 0.310. The fraction of sp³-hybridized carbons (Fsp3) is 0.333. The predicted octanol–water partition coefficient (Wildman–Crippen LogP) is 1.90. The number of allylic oxidation sites excluding steroid dienone is 2. The Morgan fingerprint density at radius 2 is 1.92 bits per heavy atom. The molecule has 4 unspecified atom stereocenters. The number of ether oxygens (including phenoxy) is 1. The van der Waals surface area contributed by atoms with Crippen molar-refractivity contribution in [3.8, 4) is 5.75 Å². The van der Waals surface area contributed by atoms with Gasteiger partial charge in [-0.05, 0) is 64.6 Å². The highest BCUT2D eigenvalue weighted by atomic mass is 127. The Morgan fingerprint density at radius 3 is 2.50 bits per heavy atom. The molecule has 4 rings (SSSR count). The summed E-state index contributed by atoms with van der Waals surface area (Å²) in [5, 5.41) is 13.8. The van der Waals surface area contributed by atoms with Crippen molar-refractivity contribution in [3.05, 3.63) is 39.5 Å². The van der Waals surface area contributed by atoms with Crippen molar-refractivity contribution >= 4 is 46.6 Å². The minimum atomic E-state index is -1.05. The number of fused-ring (bicyclic) bond motifs is 5. The molecular weight excluding hydrogens is 451 g/mol. The maximum absolute atomic E-state index is 12.6. The van der Waals surface area contributed by atoms with Gasteiger partial charge in [0, 0.05) is 0 Å². The number of carbonyl (C=O) groups is 3. The van der Waals surface area contributed by atoms with Crippen LogP contribution in [0.25, 0.3) is 0 Å². The van der Waals surface area contributed by atoms with Crippen LogP contribution in [0.1, 0.15) is 12.0 Å². The Balaban J connectivity index is 1.49. The summed E-state index contributed by atoms with van der Waals surface area (Å²) in [6, 6.07) is 5.08. The molecule has 0 spiro atoms. The van der Waals surface area contributed by atoms with Crippen LogP contribution in [0.5, 0.6) is 5.75 Å². The zero-order valence-electron chi connectivity index (χ0n) is 13.5. The van der Waals surface area contributed by atoms with Gasteiger partial charge in [0.1, 0.15) is 5.75 Å². The average Bonchev–Trinajstić information content (AvgIpc) is 3.27. The van der Waals surface area contributed by atoms with E-state index in [0.717, 1.165) is 11.4 Å². The van der Waals surface area contributed by atoms with Crippen molar-refractivity contribution in [1.82, 2.24) is 5.01 Å². The van der Waals surface area contributed by atoms with Gasteiger partial charge in [-0.25, -0.2) is 4.79 Å². The number of hydrogen-bond acceptors (Lipinski definition) is 5. The highest BCUT2D eigenvalue weighted by Gasteiger charge is 2.59. The fourth-order valence-electron chi connectivity index (χ4n) is 3.98. The number of carboxylic acid groups (broad SMARTS) is 1. The van der Waals surface area contributed by atoms with E-state index in [1.165, 1.54) is 6.21 Å². The molecule has 1 aliphatic heterocycles. The molecule has 7 nitrogen and oxygen atoms in total. The summed E-state index contributed by atoms with van der Waals surface area (Å²) >= 11 is 2.03. The lowest BCUT2D eigenvalue weighted by molar-refractivity contribution is -0.141. The highest BCUT2D eigenvalue weighted by Crippen LogP contribution is 2.52. The first-order valence-electron chi connectivity index (χ1n) is 8.20. The lowest BCUT2D eigenvalue weighted by Crippen LogP contribution is -2.28. The van der Waals surface area contributed by atoms with Crippen molar-refractivity contribution in [2.24, 2.45) is 28.8 Å². The Hall–Kier alpha value is -2.23. The third-order valence-electron chi connectivity index (χ3n) is 5.08. The van der Waals surface area contributed by atoms with Crippen LogP contribution in [0, 0.1) is 27.2 Å². The van der Waals surface area contributed by atoms with Crippen molar-refractivity contribution in [3.63, 3.8) is 0 Å².